The van der Waals surface area contributed by atoms with E-state index in [1.165, 1.54) is 5.01 Å². The van der Waals surface area contributed by atoms with Crippen LogP contribution >= 0.6 is 11.3 Å². The summed E-state index contributed by atoms with van der Waals surface area (Å²) in [5.41, 5.74) is 1.14. The van der Waals surface area contributed by atoms with Crippen molar-refractivity contribution in [2.75, 3.05) is 13.2 Å². The van der Waals surface area contributed by atoms with Gasteiger partial charge in [-0.3, -0.25) is 0 Å². The molecule has 0 radical (unpaired) electrons. The fourth-order valence-corrected chi connectivity index (χ4v) is 2.37. The van der Waals surface area contributed by atoms with Crippen molar-refractivity contribution in [2.24, 2.45) is 5.92 Å². The number of hydrogen-bond donors (Lipinski definition) is 2. The summed E-state index contributed by atoms with van der Waals surface area (Å²) >= 11 is 1.73. The SMILES string of the molecule is CCc1nc(CNCC(CC)CCO)cs1. The van der Waals surface area contributed by atoms with E-state index in [0.717, 1.165) is 38.0 Å². The summed E-state index contributed by atoms with van der Waals surface area (Å²) in [5.74, 6) is 0.578. The zero-order valence-corrected chi connectivity index (χ0v) is 11.0. The lowest BCUT2D eigenvalue weighted by Crippen LogP contribution is -2.23. The standard InChI is InChI=1S/C12H22N2OS/c1-3-10(5-6-15)7-13-8-11-9-16-12(4-2)14-11/h9-10,13,15H,3-8H2,1-2H3. The maximum Gasteiger partial charge on any atom is 0.0926 e. The predicted octanol–water partition coefficient (Wildman–Crippen LogP) is 2.20. The van der Waals surface area contributed by atoms with E-state index in [-0.39, 0.29) is 6.61 Å². The van der Waals surface area contributed by atoms with Crippen molar-refractivity contribution in [3.05, 3.63) is 16.1 Å². The molecule has 1 aromatic heterocycles. The van der Waals surface area contributed by atoms with Gasteiger partial charge in [0.25, 0.3) is 0 Å². The van der Waals surface area contributed by atoms with Crippen molar-refractivity contribution in [2.45, 2.75) is 39.7 Å². The van der Waals surface area contributed by atoms with Gasteiger partial charge in [-0.25, -0.2) is 4.98 Å². The van der Waals surface area contributed by atoms with Crippen LogP contribution in [0.15, 0.2) is 5.38 Å². The average molecular weight is 242 g/mol. The molecule has 3 nitrogen and oxygen atoms in total. The maximum absolute atomic E-state index is 8.88. The Morgan fingerprint density at radius 2 is 2.31 bits per heavy atom. The first-order valence-electron chi connectivity index (χ1n) is 6.05. The van der Waals surface area contributed by atoms with Gasteiger partial charge in [-0.2, -0.15) is 0 Å². The van der Waals surface area contributed by atoms with Gasteiger partial charge in [0.1, 0.15) is 0 Å². The van der Waals surface area contributed by atoms with Crippen LogP contribution in [0.1, 0.15) is 37.4 Å². The molecule has 0 aliphatic heterocycles. The lowest BCUT2D eigenvalue weighted by molar-refractivity contribution is 0.251. The second kappa shape index (κ2) is 7.76. The highest BCUT2D eigenvalue weighted by atomic mass is 32.1. The van der Waals surface area contributed by atoms with E-state index in [2.05, 4.69) is 29.5 Å². The largest absolute Gasteiger partial charge is 0.396 e. The molecule has 1 heterocycles. The fourth-order valence-electron chi connectivity index (χ4n) is 1.63. The number of nitrogens with zero attached hydrogens (tertiary/aromatic N) is 1. The molecule has 1 atom stereocenters. The van der Waals surface area contributed by atoms with Crippen molar-refractivity contribution < 1.29 is 5.11 Å². The van der Waals surface area contributed by atoms with Gasteiger partial charge in [0.05, 0.1) is 10.7 Å². The average Bonchev–Trinajstić information content (AvgIpc) is 2.76. The lowest BCUT2D eigenvalue weighted by Gasteiger charge is -2.13. The summed E-state index contributed by atoms with van der Waals surface area (Å²) in [4.78, 5) is 4.50. The molecule has 4 heteroatoms. The summed E-state index contributed by atoms with van der Waals surface area (Å²) in [5, 5.41) is 15.6. The van der Waals surface area contributed by atoms with Gasteiger partial charge in [0.15, 0.2) is 0 Å². The molecule has 0 fully saturated rings. The van der Waals surface area contributed by atoms with Crippen LogP contribution in [0.5, 0.6) is 0 Å². The molecule has 92 valence electrons. The number of thiazole rings is 1. The van der Waals surface area contributed by atoms with Gasteiger partial charge in [0, 0.05) is 18.5 Å². The third kappa shape index (κ3) is 4.60. The second-order valence-electron chi connectivity index (χ2n) is 4.00. The van der Waals surface area contributed by atoms with Gasteiger partial charge in [-0.1, -0.05) is 20.3 Å². The molecule has 1 rings (SSSR count). The molecule has 0 amide bonds. The molecule has 0 spiro atoms. The summed E-state index contributed by atoms with van der Waals surface area (Å²) in [6.45, 7) is 6.40. The van der Waals surface area contributed by atoms with E-state index >= 15 is 0 Å². The van der Waals surface area contributed by atoms with Crippen LogP contribution in [0.25, 0.3) is 0 Å². The zero-order valence-electron chi connectivity index (χ0n) is 10.2. The molecule has 2 N–H and O–H groups in total. The molecule has 0 saturated heterocycles. The Bertz CT molecular complexity index is 288. The molecule has 16 heavy (non-hydrogen) atoms. The van der Waals surface area contributed by atoms with Crippen molar-refractivity contribution in [1.82, 2.24) is 10.3 Å². The molecule has 0 aliphatic rings. The molecular formula is C12H22N2OS. The van der Waals surface area contributed by atoms with Crippen LogP contribution in [-0.4, -0.2) is 23.2 Å². The number of aromatic nitrogens is 1. The van der Waals surface area contributed by atoms with E-state index in [1.54, 1.807) is 11.3 Å². The number of nitrogens with one attached hydrogen (secondary N) is 1. The topological polar surface area (TPSA) is 45.2 Å². The minimum atomic E-state index is 0.289. The third-order valence-electron chi connectivity index (χ3n) is 2.76. The maximum atomic E-state index is 8.88. The molecule has 1 unspecified atom stereocenters. The van der Waals surface area contributed by atoms with Gasteiger partial charge >= 0.3 is 0 Å². The number of aryl methyl sites for hydroxylation is 1. The van der Waals surface area contributed by atoms with Gasteiger partial charge < -0.3 is 10.4 Å². The normalized spacial score (nSPS) is 12.9. The van der Waals surface area contributed by atoms with E-state index in [4.69, 9.17) is 5.11 Å². The molecule has 1 aromatic rings. The van der Waals surface area contributed by atoms with Gasteiger partial charge in [-0.05, 0) is 25.3 Å². The van der Waals surface area contributed by atoms with Crippen LogP contribution < -0.4 is 5.32 Å². The third-order valence-corrected chi connectivity index (χ3v) is 3.80. The highest BCUT2D eigenvalue weighted by Gasteiger charge is 2.05. The summed E-state index contributed by atoms with van der Waals surface area (Å²) < 4.78 is 0. The van der Waals surface area contributed by atoms with Crippen LogP contribution in [0.3, 0.4) is 0 Å². The van der Waals surface area contributed by atoms with Crippen molar-refractivity contribution in [3.8, 4) is 0 Å². The van der Waals surface area contributed by atoms with E-state index in [1.807, 2.05) is 0 Å². The second-order valence-corrected chi connectivity index (χ2v) is 4.95. The minimum Gasteiger partial charge on any atom is -0.396 e. The van der Waals surface area contributed by atoms with Gasteiger partial charge in [-0.15, -0.1) is 11.3 Å². The predicted molar refractivity (Wildman–Crippen MR) is 68.7 cm³/mol. The van der Waals surface area contributed by atoms with Crippen LogP contribution in [0, 0.1) is 5.92 Å². The summed E-state index contributed by atoms with van der Waals surface area (Å²) in [6, 6.07) is 0. The summed E-state index contributed by atoms with van der Waals surface area (Å²) in [6.07, 6.45) is 3.03. The molecule has 0 saturated carbocycles. The Hall–Kier alpha value is -0.450. The monoisotopic (exact) mass is 242 g/mol. The number of aliphatic hydroxyl groups excluding tert-OH is 1. The van der Waals surface area contributed by atoms with Crippen LogP contribution in [0.2, 0.25) is 0 Å². The highest BCUT2D eigenvalue weighted by Crippen LogP contribution is 2.10. The van der Waals surface area contributed by atoms with E-state index in [0.29, 0.717) is 5.92 Å². The van der Waals surface area contributed by atoms with Crippen LogP contribution in [0.4, 0.5) is 0 Å². The summed E-state index contributed by atoms with van der Waals surface area (Å²) in [7, 11) is 0. The van der Waals surface area contributed by atoms with E-state index in [9.17, 15) is 0 Å². The Morgan fingerprint density at radius 1 is 1.50 bits per heavy atom. The number of aliphatic hydroxyl groups is 1. The highest BCUT2D eigenvalue weighted by molar-refractivity contribution is 7.09. The zero-order chi connectivity index (χ0) is 11.8. The number of hydrogen-bond acceptors (Lipinski definition) is 4. The lowest BCUT2D eigenvalue weighted by atomic mass is 10.0. The van der Waals surface area contributed by atoms with Gasteiger partial charge in [0.2, 0.25) is 0 Å². The first-order valence-corrected chi connectivity index (χ1v) is 6.92. The van der Waals surface area contributed by atoms with Crippen molar-refractivity contribution in [3.63, 3.8) is 0 Å². The fraction of sp³-hybridized carbons (Fsp3) is 0.750. The molecular weight excluding hydrogens is 220 g/mol. The quantitative estimate of drug-likeness (QED) is 0.734. The molecule has 0 bridgehead atoms. The molecule has 0 aromatic carbocycles. The molecule has 0 aliphatic carbocycles. The van der Waals surface area contributed by atoms with Crippen molar-refractivity contribution in [1.29, 1.82) is 0 Å². The first-order chi connectivity index (χ1) is 7.80. The van der Waals surface area contributed by atoms with E-state index < -0.39 is 0 Å². The Morgan fingerprint density at radius 3 is 2.88 bits per heavy atom. The van der Waals surface area contributed by atoms with Crippen LogP contribution in [-0.2, 0) is 13.0 Å². The minimum absolute atomic E-state index is 0.289. The smallest absolute Gasteiger partial charge is 0.0926 e. The van der Waals surface area contributed by atoms with Crippen molar-refractivity contribution >= 4 is 11.3 Å². The Kier molecular flexibility index (Phi) is 6.61. The Labute approximate surface area is 102 Å². The first kappa shape index (κ1) is 13.6. The Balaban J connectivity index is 2.23. The number of rotatable bonds is 8.